The molecule has 0 heterocycles. The molecule has 0 fully saturated rings. The van der Waals surface area contributed by atoms with Crippen LogP contribution in [0.15, 0.2) is 48.5 Å². The largest absolute Gasteiger partial charge is 0.382 e. The predicted octanol–water partition coefficient (Wildman–Crippen LogP) is 5.17. The maximum Gasteiger partial charge on any atom is 0.123 e. The first-order valence-corrected chi connectivity index (χ1v) is 7.47. The van der Waals surface area contributed by atoms with Crippen molar-refractivity contribution in [2.45, 2.75) is 45.6 Å². The van der Waals surface area contributed by atoms with Crippen LogP contribution in [0.5, 0.6) is 0 Å². The normalized spacial score (nSPS) is 13.0. The minimum Gasteiger partial charge on any atom is -0.382 e. The van der Waals surface area contributed by atoms with Crippen LogP contribution in [-0.4, -0.2) is 6.04 Å². The van der Waals surface area contributed by atoms with Gasteiger partial charge in [-0.1, -0.05) is 51.1 Å². The molecule has 2 aromatic carbocycles. The summed E-state index contributed by atoms with van der Waals surface area (Å²) in [6.45, 7) is 8.77. The van der Waals surface area contributed by atoms with E-state index in [1.807, 2.05) is 12.1 Å². The molecule has 0 bridgehead atoms. The molecule has 0 aromatic heterocycles. The number of para-hydroxylation sites is 1. The molecule has 2 rings (SSSR count). The van der Waals surface area contributed by atoms with Crippen molar-refractivity contribution in [2.75, 3.05) is 5.32 Å². The van der Waals surface area contributed by atoms with Crippen LogP contribution in [0.25, 0.3) is 0 Å². The number of hydrogen-bond donors (Lipinski definition) is 1. The molecule has 0 saturated carbocycles. The van der Waals surface area contributed by atoms with Gasteiger partial charge < -0.3 is 5.32 Å². The van der Waals surface area contributed by atoms with Crippen molar-refractivity contribution in [3.05, 3.63) is 65.5 Å². The number of hydrogen-bond acceptors (Lipinski definition) is 1. The lowest BCUT2D eigenvalue weighted by Gasteiger charge is -2.25. The van der Waals surface area contributed by atoms with E-state index in [4.69, 9.17) is 0 Å². The van der Waals surface area contributed by atoms with Gasteiger partial charge in [-0.3, -0.25) is 0 Å². The Balaban J connectivity index is 2.11. The van der Waals surface area contributed by atoms with Gasteiger partial charge in [-0.2, -0.15) is 0 Å². The molecule has 0 aliphatic rings. The summed E-state index contributed by atoms with van der Waals surface area (Å²) in [5.41, 5.74) is 3.58. The van der Waals surface area contributed by atoms with Crippen molar-refractivity contribution < 1.29 is 4.39 Å². The Kier molecular flexibility index (Phi) is 4.66. The van der Waals surface area contributed by atoms with Gasteiger partial charge in [-0.15, -0.1) is 0 Å². The van der Waals surface area contributed by atoms with Crippen LogP contribution in [-0.2, 0) is 11.8 Å². The summed E-state index contributed by atoms with van der Waals surface area (Å²) in [6.07, 6.45) is 0.802. The second kappa shape index (κ2) is 6.30. The Morgan fingerprint density at radius 3 is 2.43 bits per heavy atom. The van der Waals surface area contributed by atoms with Gasteiger partial charge in [0.25, 0.3) is 0 Å². The maximum absolute atomic E-state index is 13.2. The van der Waals surface area contributed by atoms with Crippen molar-refractivity contribution in [3.8, 4) is 0 Å². The second-order valence-electron chi connectivity index (χ2n) is 6.68. The third kappa shape index (κ3) is 4.32. The first-order chi connectivity index (χ1) is 9.86. The van der Waals surface area contributed by atoms with Crippen LogP contribution in [0.4, 0.5) is 10.1 Å². The standard InChI is InChI=1S/C19H24FN/c1-14(12-15-8-7-9-16(20)13-15)21-18-11-6-5-10-17(18)19(2,3)4/h5-11,13-14,21H,12H2,1-4H3. The summed E-state index contributed by atoms with van der Waals surface area (Å²) < 4.78 is 13.2. The first-order valence-electron chi connectivity index (χ1n) is 7.47. The van der Waals surface area contributed by atoms with Gasteiger partial charge in [0.15, 0.2) is 0 Å². The zero-order valence-electron chi connectivity index (χ0n) is 13.3. The highest BCUT2D eigenvalue weighted by atomic mass is 19.1. The van der Waals surface area contributed by atoms with E-state index in [0.717, 1.165) is 17.7 Å². The topological polar surface area (TPSA) is 12.0 Å². The Morgan fingerprint density at radius 1 is 1.05 bits per heavy atom. The van der Waals surface area contributed by atoms with E-state index < -0.39 is 0 Å². The molecule has 21 heavy (non-hydrogen) atoms. The highest BCUT2D eigenvalue weighted by Crippen LogP contribution is 2.29. The quantitative estimate of drug-likeness (QED) is 0.817. The molecule has 1 N–H and O–H groups in total. The molecule has 0 radical (unpaired) electrons. The Morgan fingerprint density at radius 2 is 1.76 bits per heavy atom. The van der Waals surface area contributed by atoms with E-state index in [9.17, 15) is 4.39 Å². The molecule has 0 saturated heterocycles. The molecular weight excluding hydrogens is 261 g/mol. The summed E-state index contributed by atoms with van der Waals surface area (Å²) in [5, 5.41) is 3.56. The molecule has 112 valence electrons. The highest BCUT2D eigenvalue weighted by molar-refractivity contribution is 5.54. The summed E-state index contributed by atoms with van der Waals surface area (Å²) in [6, 6.07) is 15.5. The Labute approximate surface area is 127 Å². The second-order valence-corrected chi connectivity index (χ2v) is 6.68. The lowest BCUT2D eigenvalue weighted by atomic mass is 9.85. The van der Waals surface area contributed by atoms with Crippen LogP contribution in [0, 0.1) is 5.82 Å². The van der Waals surface area contributed by atoms with Crippen molar-refractivity contribution >= 4 is 5.69 Å². The lowest BCUT2D eigenvalue weighted by Crippen LogP contribution is -2.22. The fourth-order valence-corrected chi connectivity index (χ4v) is 2.60. The molecular formula is C19H24FN. The molecule has 1 unspecified atom stereocenters. The number of anilines is 1. The van der Waals surface area contributed by atoms with Crippen molar-refractivity contribution in [1.29, 1.82) is 0 Å². The number of rotatable bonds is 4. The Hall–Kier alpha value is -1.83. The zero-order valence-corrected chi connectivity index (χ0v) is 13.3. The fourth-order valence-electron chi connectivity index (χ4n) is 2.60. The van der Waals surface area contributed by atoms with E-state index in [1.54, 1.807) is 12.1 Å². The third-order valence-electron chi connectivity index (χ3n) is 3.57. The third-order valence-corrected chi connectivity index (χ3v) is 3.57. The molecule has 1 atom stereocenters. The highest BCUT2D eigenvalue weighted by Gasteiger charge is 2.18. The van der Waals surface area contributed by atoms with Crippen LogP contribution in [0.1, 0.15) is 38.8 Å². The average Bonchev–Trinajstić information content (AvgIpc) is 2.37. The average molecular weight is 285 g/mol. The molecule has 0 aliphatic carbocycles. The summed E-state index contributed by atoms with van der Waals surface area (Å²) in [4.78, 5) is 0. The van der Waals surface area contributed by atoms with Gasteiger partial charge in [0, 0.05) is 11.7 Å². The zero-order chi connectivity index (χ0) is 15.5. The number of benzene rings is 2. The smallest absolute Gasteiger partial charge is 0.123 e. The molecule has 2 aromatic rings. The SMILES string of the molecule is CC(Cc1cccc(F)c1)Nc1ccccc1C(C)(C)C. The van der Waals surface area contributed by atoms with Gasteiger partial charge in [0.2, 0.25) is 0 Å². The fraction of sp³-hybridized carbons (Fsp3) is 0.368. The lowest BCUT2D eigenvalue weighted by molar-refractivity contribution is 0.590. The van der Waals surface area contributed by atoms with Crippen molar-refractivity contribution in [2.24, 2.45) is 0 Å². The summed E-state index contributed by atoms with van der Waals surface area (Å²) in [7, 11) is 0. The monoisotopic (exact) mass is 285 g/mol. The van der Waals surface area contributed by atoms with Gasteiger partial charge in [0.05, 0.1) is 0 Å². The maximum atomic E-state index is 13.2. The molecule has 0 spiro atoms. The van der Waals surface area contributed by atoms with Crippen molar-refractivity contribution in [3.63, 3.8) is 0 Å². The molecule has 0 aliphatic heterocycles. The van der Waals surface area contributed by atoms with E-state index in [-0.39, 0.29) is 17.3 Å². The van der Waals surface area contributed by atoms with Gasteiger partial charge >= 0.3 is 0 Å². The van der Waals surface area contributed by atoms with Gasteiger partial charge in [-0.05, 0) is 48.1 Å². The van der Waals surface area contributed by atoms with E-state index >= 15 is 0 Å². The minimum atomic E-state index is -0.171. The van der Waals surface area contributed by atoms with E-state index in [0.29, 0.717) is 0 Å². The number of nitrogens with one attached hydrogen (secondary N) is 1. The predicted molar refractivity (Wildman–Crippen MR) is 88.3 cm³/mol. The first kappa shape index (κ1) is 15.6. The summed E-state index contributed by atoms with van der Waals surface area (Å²) >= 11 is 0. The number of halogens is 1. The van der Waals surface area contributed by atoms with Crippen LogP contribution in [0.2, 0.25) is 0 Å². The minimum absolute atomic E-state index is 0.0994. The van der Waals surface area contributed by atoms with Gasteiger partial charge in [-0.25, -0.2) is 4.39 Å². The van der Waals surface area contributed by atoms with Crippen LogP contribution < -0.4 is 5.32 Å². The molecule has 1 nitrogen and oxygen atoms in total. The summed E-state index contributed by atoms with van der Waals surface area (Å²) in [5.74, 6) is -0.171. The van der Waals surface area contributed by atoms with E-state index in [2.05, 4.69) is 51.2 Å². The van der Waals surface area contributed by atoms with Crippen LogP contribution in [0.3, 0.4) is 0 Å². The molecule has 0 amide bonds. The Bertz CT molecular complexity index is 599. The van der Waals surface area contributed by atoms with Crippen molar-refractivity contribution in [1.82, 2.24) is 0 Å². The van der Waals surface area contributed by atoms with Gasteiger partial charge in [0.1, 0.15) is 5.82 Å². The molecule has 2 heteroatoms. The van der Waals surface area contributed by atoms with Crippen LogP contribution >= 0.6 is 0 Å². The van der Waals surface area contributed by atoms with E-state index in [1.165, 1.54) is 11.6 Å².